The molecule has 1 N–H and O–H groups in total. The summed E-state index contributed by atoms with van der Waals surface area (Å²) in [5, 5.41) is 7.98. The molecule has 0 aromatic carbocycles. The highest BCUT2D eigenvalue weighted by atomic mass is 79.9. The summed E-state index contributed by atoms with van der Waals surface area (Å²) in [4.78, 5) is 0. The van der Waals surface area contributed by atoms with Crippen LogP contribution in [0.25, 0.3) is 0 Å². The van der Waals surface area contributed by atoms with Crippen molar-refractivity contribution in [2.24, 2.45) is 7.05 Å². The molecule has 0 aliphatic carbocycles. The fraction of sp³-hybridized carbons (Fsp3) is 0.533. The van der Waals surface area contributed by atoms with Crippen LogP contribution in [0.3, 0.4) is 0 Å². The second kappa shape index (κ2) is 5.74. The summed E-state index contributed by atoms with van der Waals surface area (Å²) in [6, 6.07) is 4.26. The topological polar surface area (TPSA) is 34.8 Å². The van der Waals surface area contributed by atoms with Crippen molar-refractivity contribution in [3.05, 3.63) is 39.9 Å². The molecule has 0 aliphatic rings. The van der Waals surface area contributed by atoms with Crippen LogP contribution in [-0.2, 0) is 20.1 Å². The molecule has 110 valence electrons. The fourth-order valence-electron chi connectivity index (χ4n) is 2.13. The van der Waals surface area contributed by atoms with Gasteiger partial charge in [-0.15, -0.1) is 0 Å². The summed E-state index contributed by atoms with van der Waals surface area (Å²) in [7, 11) is 1.99. The van der Waals surface area contributed by atoms with E-state index < -0.39 is 0 Å². The van der Waals surface area contributed by atoms with E-state index in [4.69, 9.17) is 0 Å². The van der Waals surface area contributed by atoms with Crippen LogP contribution in [-0.4, -0.2) is 19.9 Å². The van der Waals surface area contributed by atoms with Crippen LogP contribution in [0.1, 0.15) is 37.9 Å². The first-order valence-corrected chi connectivity index (χ1v) is 7.64. The van der Waals surface area contributed by atoms with Gasteiger partial charge >= 0.3 is 0 Å². The molecule has 0 atom stereocenters. The largest absolute Gasteiger partial charge is 0.344 e. The van der Waals surface area contributed by atoms with Crippen molar-refractivity contribution in [1.82, 2.24) is 19.7 Å². The normalized spacial score (nSPS) is 12.1. The zero-order chi connectivity index (χ0) is 14.9. The Morgan fingerprint density at radius 2 is 2.05 bits per heavy atom. The Morgan fingerprint density at radius 1 is 1.35 bits per heavy atom. The van der Waals surface area contributed by atoms with Crippen LogP contribution in [0, 0.1) is 6.92 Å². The van der Waals surface area contributed by atoms with Gasteiger partial charge in [0.15, 0.2) is 0 Å². The van der Waals surface area contributed by atoms with Gasteiger partial charge in [0.05, 0.1) is 22.4 Å². The third-order valence-electron chi connectivity index (χ3n) is 3.31. The molecule has 5 heteroatoms. The molecular formula is C15H23BrN4. The molecular weight excluding hydrogens is 316 g/mol. The van der Waals surface area contributed by atoms with Crippen LogP contribution < -0.4 is 5.32 Å². The Balaban J connectivity index is 2.16. The van der Waals surface area contributed by atoms with Gasteiger partial charge in [0.25, 0.3) is 0 Å². The van der Waals surface area contributed by atoms with Gasteiger partial charge in [-0.3, -0.25) is 4.68 Å². The number of nitrogens with zero attached hydrogens (tertiary/aromatic N) is 3. The SMILES string of the molecule is Cc1nn(C)c(Cn2cccc2CNC(C)(C)C)c1Br. The summed E-state index contributed by atoms with van der Waals surface area (Å²) in [5.74, 6) is 0. The monoisotopic (exact) mass is 338 g/mol. The minimum Gasteiger partial charge on any atom is -0.344 e. The Labute approximate surface area is 129 Å². The average molecular weight is 339 g/mol. The summed E-state index contributed by atoms with van der Waals surface area (Å²) in [6.45, 7) is 10.3. The van der Waals surface area contributed by atoms with Crippen molar-refractivity contribution in [1.29, 1.82) is 0 Å². The maximum Gasteiger partial charge on any atom is 0.0739 e. The third kappa shape index (κ3) is 3.52. The van der Waals surface area contributed by atoms with Crippen molar-refractivity contribution in [3.63, 3.8) is 0 Å². The number of aryl methyl sites for hydroxylation is 2. The van der Waals surface area contributed by atoms with Gasteiger partial charge in [0, 0.05) is 31.0 Å². The number of hydrogen-bond donors (Lipinski definition) is 1. The summed E-state index contributed by atoms with van der Waals surface area (Å²) < 4.78 is 5.31. The Hall–Kier alpha value is -1.07. The van der Waals surface area contributed by atoms with Crippen molar-refractivity contribution >= 4 is 15.9 Å². The van der Waals surface area contributed by atoms with Gasteiger partial charge in [0.2, 0.25) is 0 Å². The lowest BCUT2D eigenvalue weighted by Gasteiger charge is -2.21. The van der Waals surface area contributed by atoms with E-state index in [1.807, 2.05) is 18.7 Å². The number of halogens is 1. The average Bonchev–Trinajstić information content (AvgIpc) is 2.87. The van der Waals surface area contributed by atoms with Gasteiger partial charge in [-0.05, 0) is 55.8 Å². The molecule has 2 heterocycles. The molecule has 0 spiro atoms. The molecule has 2 aromatic heterocycles. The maximum absolute atomic E-state index is 4.45. The zero-order valence-corrected chi connectivity index (χ0v) is 14.5. The first-order valence-electron chi connectivity index (χ1n) is 6.85. The van der Waals surface area contributed by atoms with Crippen molar-refractivity contribution in [2.45, 2.75) is 46.3 Å². The van der Waals surface area contributed by atoms with Gasteiger partial charge in [-0.25, -0.2) is 0 Å². The van der Waals surface area contributed by atoms with Crippen LogP contribution in [0.2, 0.25) is 0 Å². The van der Waals surface area contributed by atoms with Gasteiger partial charge < -0.3 is 9.88 Å². The first-order chi connectivity index (χ1) is 9.28. The van der Waals surface area contributed by atoms with Gasteiger partial charge in [0.1, 0.15) is 0 Å². The molecule has 0 amide bonds. The first kappa shape index (κ1) is 15.3. The third-order valence-corrected chi connectivity index (χ3v) is 4.34. The van der Waals surface area contributed by atoms with Crippen LogP contribution in [0.5, 0.6) is 0 Å². The number of rotatable bonds is 4. The lowest BCUT2D eigenvalue weighted by atomic mass is 10.1. The highest BCUT2D eigenvalue weighted by Gasteiger charge is 2.14. The number of hydrogen-bond acceptors (Lipinski definition) is 2. The minimum atomic E-state index is 0.124. The predicted octanol–water partition coefficient (Wildman–Crippen LogP) is 3.23. The Kier molecular flexibility index (Phi) is 4.39. The smallest absolute Gasteiger partial charge is 0.0739 e. The predicted molar refractivity (Wildman–Crippen MR) is 85.8 cm³/mol. The Bertz CT molecular complexity index is 590. The van der Waals surface area contributed by atoms with Gasteiger partial charge in [-0.1, -0.05) is 0 Å². The minimum absolute atomic E-state index is 0.124. The van der Waals surface area contributed by atoms with E-state index in [9.17, 15) is 0 Å². The van der Waals surface area contributed by atoms with Crippen molar-refractivity contribution in [3.8, 4) is 0 Å². The van der Waals surface area contributed by atoms with Crippen molar-refractivity contribution in [2.75, 3.05) is 0 Å². The second-order valence-electron chi connectivity index (χ2n) is 6.20. The van der Waals surface area contributed by atoms with Crippen LogP contribution in [0.15, 0.2) is 22.8 Å². The molecule has 0 saturated heterocycles. The van der Waals surface area contributed by atoms with Crippen LogP contribution >= 0.6 is 15.9 Å². The highest BCUT2D eigenvalue weighted by molar-refractivity contribution is 9.10. The fourth-order valence-corrected chi connectivity index (χ4v) is 2.59. The quantitative estimate of drug-likeness (QED) is 0.928. The van der Waals surface area contributed by atoms with Crippen LogP contribution in [0.4, 0.5) is 0 Å². The highest BCUT2D eigenvalue weighted by Crippen LogP contribution is 2.21. The van der Waals surface area contributed by atoms with Gasteiger partial charge in [-0.2, -0.15) is 5.10 Å². The summed E-state index contributed by atoms with van der Waals surface area (Å²) in [6.07, 6.45) is 2.12. The molecule has 20 heavy (non-hydrogen) atoms. The van der Waals surface area contributed by atoms with E-state index in [2.05, 4.69) is 70.0 Å². The number of aromatic nitrogens is 3. The molecule has 2 rings (SSSR count). The Morgan fingerprint density at radius 3 is 2.60 bits per heavy atom. The number of nitrogens with one attached hydrogen (secondary N) is 1. The second-order valence-corrected chi connectivity index (χ2v) is 6.99. The standard InChI is InChI=1S/C15H23BrN4/c1-11-14(16)13(19(5)18-11)10-20-8-6-7-12(20)9-17-15(2,3)4/h6-8,17H,9-10H2,1-5H3. The van der Waals surface area contributed by atoms with E-state index in [1.54, 1.807) is 0 Å². The molecule has 4 nitrogen and oxygen atoms in total. The van der Waals surface area contributed by atoms with E-state index in [1.165, 1.54) is 11.4 Å². The molecule has 0 unspecified atom stereocenters. The van der Waals surface area contributed by atoms with Crippen molar-refractivity contribution < 1.29 is 0 Å². The van der Waals surface area contributed by atoms with E-state index in [0.29, 0.717) is 0 Å². The van der Waals surface area contributed by atoms with E-state index in [-0.39, 0.29) is 5.54 Å². The van der Waals surface area contributed by atoms with E-state index >= 15 is 0 Å². The summed E-state index contributed by atoms with van der Waals surface area (Å²) >= 11 is 3.63. The molecule has 0 radical (unpaired) electrons. The molecule has 0 fully saturated rings. The summed E-state index contributed by atoms with van der Waals surface area (Å²) in [5.41, 5.74) is 3.63. The zero-order valence-electron chi connectivity index (χ0n) is 12.9. The molecule has 0 aliphatic heterocycles. The lowest BCUT2D eigenvalue weighted by molar-refractivity contribution is 0.416. The maximum atomic E-state index is 4.45. The lowest BCUT2D eigenvalue weighted by Crippen LogP contribution is -2.35. The molecule has 2 aromatic rings. The molecule has 0 saturated carbocycles. The van der Waals surface area contributed by atoms with E-state index in [0.717, 1.165) is 23.3 Å². The molecule has 0 bridgehead atoms.